The third kappa shape index (κ3) is 3.96. The Hall–Kier alpha value is -1.12. The molecule has 2 heteroatoms. The van der Waals surface area contributed by atoms with Crippen molar-refractivity contribution in [2.75, 3.05) is 0 Å². The highest BCUT2D eigenvalue weighted by atomic mass is 32.1. The summed E-state index contributed by atoms with van der Waals surface area (Å²) in [6, 6.07) is 15.8. The second-order valence-corrected chi connectivity index (χ2v) is 7.37. The van der Waals surface area contributed by atoms with Crippen molar-refractivity contribution in [3.63, 3.8) is 0 Å². The molecule has 0 saturated heterocycles. The predicted molar refractivity (Wildman–Crippen MR) is 92.6 cm³/mol. The van der Waals surface area contributed by atoms with Gasteiger partial charge in [-0.25, -0.2) is 0 Å². The number of hydrogen-bond donors (Lipinski definition) is 1. The predicted octanol–water partition coefficient (Wildman–Crippen LogP) is 5.47. The second-order valence-electron chi connectivity index (χ2n) is 6.20. The van der Waals surface area contributed by atoms with Crippen molar-refractivity contribution in [1.82, 2.24) is 5.32 Å². The van der Waals surface area contributed by atoms with E-state index in [0.717, 1.165) is 12.5 Å². The lowest BCUT2D eigenvalue weighted by Crippen LogP contribution is -2.33. The maximum atomic E-state index is 3.74. The molecular formula is C19H25NS. The largest absolute Gasteiger partial charge is 0.309 e. The van der Waals surface area contributed by atoms with Crippen LogP contribution >= 0.6 is 11.3 Å². The summed E-state index contributed by atoms with van der Waals surface area (Å²) in [5, 5.41) is 3.74. The van der Waals surface area contributed by atoms with E-state index in [4.69, 9.17) is 0 Å². The van der Waals surface area contributed by atoms with Crippen molar-refractivity contribution < 1.29 is 0 Å². The molecule has 2 aromatic rings. The monoisotopic (exact) mass is 299 g/mol. The molecule has 1 aliphatic rings. The first-order chi connectivity index (χ1) is 10.3. The third-order valence-corrected chi connectivity index (χ3v) is 5.81. The summed E-state index contributed by atoms with van der Waals surface area (Å²) in [7, 11) is 0. The Labute approximate surface area is 132 Å². The van der Waals surface area contributed by atoms with Gasteiger partial charge in [-0.15, -0.1) is 11.3 Å². The SMILES string of the molecule is CC(NCc1ccc(-c2ccccc2)s1)C1CCCCC1. The number of nitrogens with one attached hydrogen (secondary N) is 1. The van der Waals surface area contributed by atoms with Crippen LogP contribution in [-0.4, -0.2) is 6.04 Å². The molecule has 1 aromatic carbocycles. The Morgan fingerprint density at radius 3 is 2.57 bits per heavy atom. The summed E-state index contributed by atoms with van der Waals surface area (Å²) in [5.41, 5.74) is 1.33. The molecule has 1 fully saturated rings. The Morgan fingerprint density at radius 2 is 1.81 bits per heavy atom. The molecule has 1 aromatic heterocycles. The molecule has 0 aliphatic heterocycles. The highest BCUT2D eigenvalue weighted by Crippen LogP contribution is 2.29. The zero-order valence-corrected chi connectivity index (χ0v) is 13.7. The zero-order valence-electron chi connectivity index (χ0n) is 12.8. The molecule has 21 heavy (non-hydrogen) atoms. The van der Waals surface area contributed by atoms with Crippen LogP contribution in [0.2, 0.25) is 0 Å². The first kappa shape index (κ1) is 14.8. The number of hydrogen-bond acceptors (Lipinski definition) is 2. The molecule has 1 unspecified atom stereocenters. The maximum Gasteiger partial charge on any atom is 0.0346 e. The molecule has 1 N–H and O–H groups in total. The molecule has 1 aliphatic carbocycles. The Kier molecular flexibility index (Phi) is 5.10. The minimum absolute atomic E-state index is 0.646. The molecule has 0 amide bonds. The van der Waals surface area contributed by atoms with Crippen LogP contribution in [0.3, 0.4) is 0 Å². The molecule has 1 atom stereocenters. The molecule has 1 heterocycles. The molecule has 0 radical (unpaired) electrons. The van der Waals surface area contributed by atoms with Crippen LogP contribution in [-0.2, 0) is 6.54 Å². The highest BCUT2D eigenvalue weighted by Gasteiger charge is 2.19. The standard InChI is InChI=1S/C19H25NS/c1-15(16-8-4-2-5-9-16)20-14-18-12-13-19(21-18)17-10-6-3-7-11-17/h3,6-7,10-13,15-16,20H,2,4-5,8-9,14H2,1H3. The number of benzene rings is 1. The van der Waals surface area contributed by atoms with Crippen LogP contribution in [0.5, 0.6) is 0 Å². The van der Waals surface area contributed by atoms with Gasteiger partial charge in [0.05, 0.1) is 0 Å². The molecule has 112 valence electrons. The van der Waals surface area contributed by atoms with Crippen LogP contribution in [0.25, 0.3) is 10.4 Å². The van der Waals surface area contributed by atoms with Gasteiger partial charge in [0, 0.05) is 22.3 Å². The molecular weight excluding hydrogens is 274 g/mol. The van der Waals surface area contributed by atoms with Crippen molar-refractivity contribution in [3.8, 4) is 10.4 Å². The first-order valence-electron chi connectivity index (χ1n) is 8.20. The van der Waals surface area contributed by atoms with E-state index < -0.39 is 0 Å². The fourth-order valence-electron chi connectivity index (χ4n) is 3.29. The number of rotatable bonds is 5. The highest BCUT2D eigenvalue weighted by molar-refractivity contribution is 7.15. The smallest absolute Gasteiger partial charge is 0.0346 e. The summed E-state index contributed by atoms with van der Waals surface area (Å²) >= 11 is 1.91. The van der Waals surface area contributed by atoms with E-state index in [0.29, 0.717) is 6.04 Å². The van der Waals surface area contributed by atoms with E-state index in [-0.39, 0.29) is 0 Å². The van der Waals surface area contributed by atoms with E-state index in [1.54, 1.807) is 0 Å². The zero-order chi connectivity index (χ0) is 14.5. The van der Waals surface area contributed by atoms with E-state index in [1.807, 2.05) is 11.3 Å². The van der Waals surface area contributed by atoms with Crippen molar-refractivity contribution >= 4 is 11.3 Å². The fraction of sp³-hybridized carbons (Fsp3) is 0.474. The van der Waals surface area contributed by atoms with Gasteiger partial charge in [0.15, 0.2) is 0 Å². The van der Waals surface area contributed by atoms with Crippen LogP contribution in [0.15, 0.2) is 42.5 Å². The summed E-state index contributed by atoms with van der Waals surface area (Å²) in [6.45, 7) is 3.37. The summed E-state index contributed by atoms with van der Waals surface area (Å²) in [6.07, 6.45) is 7.11. The summed E-state index contributed by atoms with van der Waals surface area (Å²) < 4.78 is 0. The van der Waals surface area contributed by atoms with Gasteiger partial charge in [-0.3, -0.25) is 0 Å². The maximum absolute atomic E-state index is 3.74. The van der Waals surface area contributed by atoms with Gasteiger partial charge in [-0.05, 0) is 43.4 Å². The molecule has 0 spiro atoms. The molecule has 3 rings (SSSR count). The number of thiophene rings is 1. The summed E-state index contributed by atoms with van der Waals surface area (Å²) in [4.78, 5) is 2.81. The van der Waals surface area contributed by atoms with E-state index in [2.05, 4.69) is 54.7 Å². The molecule has 0 bridgehead atoms. The van der Waals surface area contributed by atoms with Crippen LogP contribution < -0.4 is 5.32 Å². The van der Waals surface area contributed by atoms with Crippen LogP contribution in [0.4, 0.5) is 0 Å². The van der Waals surface area contributed by atoms with Gasteiger partial charge >= 0.3 is 0 Å². The first-order valence-corrected chi connectivity index (χ1v) is 9.02. The van der Waals surface area contributed by atoms with Gasteiger partial charge < -0.3 is 5.32 Å². The van der Waals surface area contributed by atoms with Gasteiger partial charge in [0.2, 0.25) is 0 Å². The quantitative estimate of drug-likeness (QED) is 0.771. The van der Waals surface area contributed by atoms with Crippen molar-refractivity contribution in [2.24, 2.45) is 5.92 Å². The van der Waals surface area contributed by atoms with Crippen molar-refractivity contribution in [1.29, 1.82) is 0 Å². The lowest BCUT2D eigenvalue weighted by molar-refractivity contribution is 0.281. The van der Waals surface area contributed by atoms with Crippen molar-refractivity contribution in [3.05, 3.63) is 47.3 Å². The van der Waals surface area contributed by atoms with Gasteiger partial charge in [-0.2, -0.15) is 0 Å². The molecule has 1 saturated carbocycles. The minimum Gasteiger partial charge on any atom is -0.309 e. The average Bonchev–Trinajstić information content (AvgIpc) is 3.03. The lowest BCUT2D eigenvalue weighted by atomic mass is 9.84. The Balaban J connectivity index is 1.55. The third-order valence-electron chi connectivity index (χ3n) is 4.68. The van der Waals surface area contributed by atoms with E-state index in [9.17, 15) is 0 Å². The average molecular weight is 299 g/mol. The summed E-state index contributed by atoms with van der Waals surface area (Å²) in [5.74, 6) is 0.882. The van der Waals surface area contributed by atoms with Crippen LogP contribution in [0, 0.1) is 5.92 Å². The van der Waals surface area contributed by atoms with Gasteiger partial charge in [-0.1, -0.05) is 49.6 Å². The normalized spacial score (nSPS) is 17.8. The van der Waals surface area contributed by atoms with Gasteiger partial charge in [0.1, 0.15) is 0 Å². The minimum atomic E-state index is 0.646. The Morgan fingerprint density at radius 1 is 1.05 bits per heavy atom. The van der Waals surface area contributed by atoms with Crippen molar-refractivity contribution in [2.45, 2.75) is 51.6 Å². The molecule has 1 nitrogen and oxygen atoms in total. The second kappa shape index (κ2) is 7.24. The fourth-order valence-corrected chi connectivity index (χ4v) is 4.26. The lowest BCUT2D eigenvalue weighted by Gasteiger charge is -2.28. The van der Waals surface area contributed by atoms with Crippen LogP contribution in [0.1, 0.15) is 43.9 Å². The van der Waals surface area contributed by atoms with Gasteiger partial charge in [0.25, 0.3) is 0 Å². The van der Waals surface area contributed by atoms with E-state index in [1.165, 1.54) is 47.4 Å². The van der Waals surface area contributed by atoms with E-state index >= 15 is 0 Å². The Bertz CT molecular complexity index is 540. The topological polar surface area (TPSA) is 12.0 Å².